The Morgan fingerprint density at radius 1 is 1.43 bits per heavy atom. The van der Waals surface area contributed by atoms with Gasteiger partial charge >= 0.3 is 6.18 Å². The molecule has 0 bridgehead atoms. The van der Waals surface area contributed by atoms with Gasteiger partial charge in [-0.15, -0.1) is 0 Å². The Labute approximate surface area is 80.2 Å². The second-order valence-electron chi connectivity index (χ2n) is 3.58. The Kier molecular flexibility index (Phi) is 4.09. The van der Waals surface area contributed by atoms with E-state index in [0.29, 0.717) is 0 Å². The number of alkyl halides is 3. The topological polar surface area (TPSA) is 55.4 Å². The molecule has 0 radical (unpaired) electrons. The van der Waals surface area contributed by atoms with E-state index in [1.54, 1.807) is 0 Å². The molecule has 0 saturated heterocycles. The quantitative estimate of drug-likeness (QED) is 0.703. The van der Waals surface area contributed by atoms with Crippen LogP contribution in [0.25, 0.3) is 0 Å². The Hall–Kier alpha value is -1.07. The first kappa shape index (κ1) is 12.9. The van der Waals surface area contributed by atoms with Crippen molar-refractivity contribution < 1.29 is 18.0 Å². The molecule has 2 N–H and O–H groups in total. The Balaban J connectivity index is 4.12. The van der Waals surface area contributed by atoms with Gasteiger partial charge < -0.3 is 5.73 Å². The van der Waals surface area contributed by atoms with E-state index in [2.05, 4.69) is 4.99 Å². The zero-order valence-electron chi connectivity index (χ0n) is 8.06. The number of carbonyl (C=O) groups is 1. The van der Waals surface area contributed by atoms with E-state index in [9.17, 15) is 18.0 Å². The summed E-state index contributed by atoms with van der Waals surface area (Å²) in [5.74, 6) is -0.661. The second kappa shape index (κ2) is 4.43. The summed E-state index contributed by atoms with van der Waals surface area (Å²) in [6.07, 6.45) is -3.45. The maximum absolute atomic E-state index is 12.3. The fraction of sp³-hybridized carbons (Fsp3) is 0.750. The van der Waals surface area contributed by atoms with Crippen molar-refractivity contribution in [3.63, 3.8) is 0 Å². The van der Waals surface area contributed by atoms with Crippen molar-refractivity contribution in [2.75, 3.05) is 6.54 Å². The van der Waals surface area contributed by atoms with E-state index < -0.39 is 17.5 Å². The third-order valence-corrected chi connectivity index (χ3v) is 1.75. The van der Waals surface area contributed by atoms with Crippen LogP contribution in [0, 0.1) is 5.41 Å². The highest BCUT2D eigenvalue weighted by Crippen LogP contribution is 2.39. The predicted molar refractivity (Wildman–Crippen MR) is 47.0 cm³/mol. The van der Waals surface area contributed by atoms with Gasteiger partial charge in [0.15, 0.2) is 0 Å². The number of aliphatic imine (C=N–C) groups is 1. The van der Waals surface area contributed by atoms with E-state index in [1.165, 1.54) is 0 Å². The number of carbonyl (C=O) groups excluding carboxylic acids is 1. The third-order valence-electron chi connectivity index (χ3n) is 1.75. The fourth-order valence-corrected chi connectivity index (χ4v) is 0.563. The number of rotatable bonds is 4. The highest BCUT2D eigenvalue weighted by atomic mass is 19.4. The van der Waals surface area contributed by atoms with Gasteiger partial charge in [0.2, 0.25) is 5.91 Å². The smallest absolute Gasteiger partial charge is 0.368 e. The van der Waals surface area contributed by atoms with Gasteiger partial charge in [-0.1, -0.05) is 13.8 Å². The van der Waals surface area contributed by atoms with Crippen LogP contribution < -0.4 is 5.73 Å². The van der Waals surface area contributed by atoms with Crippen molar-refractivity contribution in [3.8, 4) is 0 Å². The zero-order chi connectivity index (χ0) is 11.4. The number of halogens is 3. The lowest BCUT2D eigenvalue weighted by Crippen LogP contribution is -2.32. The maximum atomic E-state index is 12.3. The van der Waals surface area contributed by atoms with Crippen LogP contribution in [0.15, 0.2) is 4.99 Å². The van der Waals surface area contributed by atoms with Gasteiger partial charge in [-0.25, -0.2) is 0 Å². The van der Waals surface area contributed by atoms with E-state index >= 15 is 0 Å². The van der Waals surface area contributed by atoms with Crippen LogP contribution in [-0.2, 0) is 4.79 Å². The molecule has 0 heterocycles. The van der Waals surface area contributed by atoms with E-state index in [1.807, 2.05) is 0 Å². The molecule has 0 aromatic carbocycles. The molecule has 0 atom stereocenters. The molecular formula is C8H13F3N2O. The summed E-state index contributed by atoms with van der Waals surface area (Å²) < 4.78 is 36.8. The summed E-state index contributed by atoms with van der Waals surface area (Å²) in [6.45, 7) is 1.88. The zero-order valence-corrected chi connectivity index (χ0v) is 8.06. The van der Waals surface area contributed by atoms with Crippen LogP contribution in [0.1, 0.15) is 20.3 Å². The van der Waals surface area contributed by atoms with Gasteiger partial charge in [0.25, 0.3) is 0 Å². The molecule has 0 rings (SSSR count). The summed E-state index contributed by atoms with van der Waals surface area (Å²) in [5, 5.41) is 0. The standard InChI is InChI=1S/C8H13F3N2O/c1-7(2,8(9,10)11)3-4-13-5-6(12)14/h4H,3,5H2,1-2H3,(H2,12,14)/b13-4+. The Morgan fingerprint density at radius 3 is 2.29 bits per heavy atom. The summed E-state index contributed by atoms with van der Waals surface area (Å²) in [6, 6.07) is 0. The molecule has 0 aliphatic heterocycles. The van der Waals surface area contributed by atoms with Crippen molar-refractivity contribution in [1.29, 1.82) is 0 Å². The molecule has 0 saturated carbocycles. The molecule has 82 valence electrons. The Bertz CT molecular complexity index is 233. The lowest BCUT2D eigenvalue weighted by atomic mass is 9.89. The molecule has 6 heteroatoms. The van der Waals surface area contributed by atoms with Crippen molar-refractivity contribution in [3.05, 3.63) is 0 Å². The van der Waals surface area contributed by atoms with Crippen molar-refractivity contribution >= 4 is 12.1 Å². The highest BCUT2D eigenvalue weighted by molar-refractivity contribution is 5.77. The average Bonchev–Trinajstić information content (AvgIpc) is 1.95. The normalized spacial score (nSPS) is 13.5. The molecule has 0 unspecified atom stereocenters. The van der Waals surface area contributed by atoms with Crippen molar-refractivity contribution in [2.45, 2.75) is 26.4 Å². The summed E-state index contributed by atoms with van der Waals surface area (Å²) in [4.78, 5) is 13.7. The monoisotopic (exact) mass is 210 g/mol. The number of primary amides is 1. The third kappa shape index (κ3) is 4.25. The molecule has 0 spiro atoms. The summed E-state index contributed by atoms with van der Waals surface area (Å²) >= 11 is 0. The van der Waals surface area contributed by atoms with E-state index in [0.717, 1.165) is 20.1 Å². The van der Waals surface area contributed by atoms with Crippen molar-refractivity contribution in [1.82, 2.24) is 0 Å². The SMILES string of the molecule is CC(C)(C/C=N/CC(N)=O)C(F)(F)F. The number of nitrogens with two attached hydrogens (primary N) is 1. The number of nitrogens with zero attached hydrogens (tertiary/aromatic N) is 1. The second-order valence-corrected chi connectivity index (χ2v) is 3.58. The number of hydrogen-bond donors (Lipinski definition) is 1. The predicted octanol–water partition coefficient (Wildman–Crippen LogP) is 1.52. The van der Waals surface area contributed by atoms with E-state index in [4.69, 9.17) is 5.73 Å². The van der Waals surface area contributed by atoms with Crippen molar-refractivity contribution in [2.24, 2.45) is 16.1 Å². The minimum absolute atomic E-state index is 0.260. The van der Waals surface area contributed by atoms with Gasteiger partial charge in [0.05, 0.1) is 5.41 Å². The average molecular weight is 210 g/mol. The fourth-order valence-electron chi connectivity index (χ4n) is 0.563. The summed E-state index contributed by atoms with van der Waals surface area (Å²) in [5.41, 5.74) is 2.93. The molecule has 0 aromatic rings. The maximum Gasteiger partial charge on any atom is 0.394 e. The molecule has 3 nitrogen and oxygen atoms in total. The first-order valence-electron chi connectivity index (χ1n) is 4.00. The number of amides is 1. The Morgan fingerprint density at radius 2 is 1.93 bits per heavy atom. The molecule has 0 aliphatic rings. The van der Waals surface area contributed by atoms with Gasteiger partial charge in [-0.3, -0.25) is 9.79 Å². The molecular weight excluding hydrogens is 197 g/mol. The summed E-state index contributed by atoms with van der Waals surface area (Å²) in [7, 11) is 0. The molecule has 1 amide bonds. The van der Waals surface area contributed by atoms with Crippen LogP contribution >= 0.6 is 0 Å². The lowest BCUT2D eigenvalue weighted by Gasteiger charge is -2.25. The molecule has 0 aromatic heterocycles. The van der Waals surface area contributed by atoms with Crippen LogP contribution in [0.5, 0.6) is 0 Å². The minimum atomic E-state index is -4.27. The highest BCUT2D eigenvalue weighted by Gasteiger charge is 2.46. The van der Waals surface area contributed by atoms with Crippen LogP contribution in [0.2, 0.25) is 0 Å². The molecule has 14 heavy (non-hydrogen) atoms. The first-order chi connectivity index (χ1) is 6.17. The first-order valence-corrected chi connectivity index (χ1v) is 4.00. The number of hydrogen-bond acceptors (Lipinski definition) is 2. The largest absolute Gasteiger partial charge is 0.394 e. The minimum Gasteiger partial charge on any atom is -0.368 e. The van der Waals surface area contributed by atoms with Gasteiger partial charge in [0, 0.05) is 6.21 Å². The molecule has 0 aliphatic carbocycles. The van der Waals surface area contributed by atoms with Gasteiger partial charge in [-0.05, 0) is 6.42 Å². The molecule has 0 fully saturated rings. The van der Waals surface area contributed by atoms with Crippen LogP contribution in [0.4, 0.5) is 13.2 Å². The van der Waals surface area contributed by atoms with Crippen LogP contribution in [-0.4, -0.2) is 24.8 Å². The van der Waals surface area contributed by atoms with Gasteiger partial charge in [0.1, 0.15) is 6.54 Å². The lowest BCUT2D eigenvalue weighted by molar-refractivity contribution is -0.208. The van der Waals surface area contributed by atoms with E-state index in [-0.39, 0.29) is 13.0 Å². The van der Waals surface area contributed by atoms with Gasteiger partial charge in [-0.2, -0.15) is 13.2 Å². The van der Waals surface area contributed by atoms with Crippen LogP contribution in [0.3, 0.4) is 0 Å².